The fourth-order valence-corrected chi connectivity index (χ4v) is 4.00. The third-order valence-corrected chi connectivity index (χ3v) is 5.62. The Bertz CT molecular complexity index is 1050. The van der Waals surface area contributed by atoms with Crippen LogP contribution < -0.4 is 10.2 Å². The van der Waals surface area contributed by atoms with Crippen molar-refractivity contribution in [3.8, 4) is 0 Å². The zero-order valence-electron chi connectivity index (χ0n) is 17.2. The minimum atomic E-state index is -1.52. The highest BCUT2D eigenvalue weighted by Gasteiger charge is 2.40. The summed E-state index contributed by atoms with van der Waals surface area (Å²) >= 11 is 0. The summed E-state index contributed by atoms with van der Waals surface area (Å²) in [6, 6.07) is 3.83. The van der Waals surface area contributed by atoms with Gasteiger partial charge in [0.1, 0.15) is 35.6 Å². The Hall–Kier alpha value is -3.50. The van der Waals surface area contributed by atoms with E-state index in [9.17, 15) is 18.4 Å². The van der Waals surface area contributed by atoms with Crippen LogP contribution in [0.4, 0.5) is 19.0 Å². The molecule has 0 bridgehead atoms. The van der Waals surface area contributed by atoms with Gasteiger partial charge < -0.3 is 10.2 Å². The van der Waals surface area contributed by atoms with Gasteiger partial charge in [-0.25, -0.2) is 28.1 Å². The lowest BCUT2D eigenvalue weighted by Gasteiger charge is -2.36. The zero-order valence-corrected chi connectivity index (χ0v) is 17.2. The molecule has 32 heavy (non-hydrogen) atoms. The number of hydrazone groups is 1. The van der Waals surface area contributed by atoms with Crippen molar-refractivity contribution in [2.45, 2.75) is 25.1 Å². The van der Waals surface area contributed by atoms with Gasteiger partial charge in [-0.1, -0.05) is 0 Å². The number of alkyl halides is 1. The summed E-state index contributed by atoms with van der Waals surface area (Å²) in [4.78, 5) is 34.5. The lowest BCUT2D eigenvalue weighted by molar-refractivity contribution is -0.140. The number of halogens is 3. The molecule has 1 fully saturated rings. The molecule has 0 saturated carbocycles. The van der Waals surface area contributed by atoms with E-state index in [1.165, 1.54) is 25.7 Å². The average Bonchev–Trinajstić information content (AvgIpc) is 3.27. The SMILES string of the molecule is CNC(=O)c1cc(N2CCC(C(=O)N3N=CCC3c3cc(F)cc(F)c3)C(F)C2)ncn1. The predicted molar refractivity (Wildman–Crippen MR) is 110 cm³/mol. The van der Waals surface area contributed by atoms with E-state index < -0.39 is 35.7 Å². The van der Waals surface area contributed by atoms with Gasteiger partial charge in [0, 0.05) is 38.4 Å². The molecule has 1 saturated heterocycles. The molecule has 1 aromatic carbocycles. The molecule has 168 valence electrons. The summed E-state index contributed by atoms with van der Waals surface area (Å²) in [5.74, 6) is -2.99. The van der Waals surface area contributed by atoms with Crippen LogP contribution in [0.2, 0.25) is 0 Å². The molecule has 2 aromatic rings. The van der Waals surface area contributed by atoms with Crippen LogP contribution in [-0.4, -0.2) is 59.3 Å². The number of anilines is 1. The second-order valence-corrected chi connectivity index (χ2v) is 7.63. The summed E-state index contributed by atoms with van der Waals surface area (Å²) in [5.41, 5.74) is 0.423. The Kier molecular flexibility index (Phi) is 6.06. The first-order valence-corrected chi connectivity index (χ1v) is 10.1. The van der Waals surface area contributed by atoms with Crippen molar-refractivity contribution >= 4 is 23.8 Å². The van der Waals surface area contributed by atoms with Crippen LogP contribution in [0.1, 0.15) is 34.9 Å². The Morgan fingerprint density at radius 2 is 1.88 bits per heavy atom. The Labute approximate surface area is 182 Å². The number of nitrogens with zero attached hydrogens (tertiary/aromatic N) is 5. The van der Waals surface area contributed by atoms with E-state index in [0.29, 0.717) is 12.4 Å². The summed E-state index contributed by atoms with van der Waals surface area (Å²) in [6.45, 7) is 0.231. The summed E-state index contributed by atoms with van der Waals surface area (Å²) in [7, 11) is 1.48. The molecule has 1 N–H and O–H groups in total. The third kappa shape index (κ3) is 4.27. The van der Waals surface area contributed by atoms with E-state index >= 15 is 4.39 Å². The quantitative estimate of drug-likeness (QED) is 0.778. The highest BCUT2D eigenvalue weighted by molar-refractivity contribution is 5.92. The number of carbonyl (C=O) groups excluding carboxylic acids is 2. The first-order valence-electron chi connectivity index (χ1n) is 10.1. The van der Waals surface area contributed by atoms with Crippen LogP contribution in [0.25, 0.3) is 0 Å². The van der Waals surface area contributed by atoms with E-state index in [-0.39, 0.29) is 36.6 Å². The second kappa shape index (κ2) is 8.93. The number of nitrogens with one attached hydrogen (secondary N) is 1. The minimum Gasteiger partial charge on any atom is -0.354 e. The number of amides is 2. The summed E-state index contributed by atoms with van der Waals surface area (Å²) < 4.78 is 42.4. The van der Waals surface area contributed by atoms with Gasteiger partial charge in [-0.15, -0.1) is 0 Å². The van der Waals surface area contributed by atoms with E-state index in [2.05, 4.69) is 20.4 Å². The maximum atomic E-state index is 15.1. The number of piperidine rings is 1. The average molecular weight is 446 g/mol. The topological polar surface area (TPSA) is 90.8 Å². The highest BCUT2D eigenvalue weighted by Crippen LogP contribution is 2.34. The maximum absolute atomic E-state index is 15.1. The molecule has 0 radical (unpaired) electrons. The van der Waals surface area contributed by atoms with Crippen LogP contribution in [0.5, 0.6) is 0 Å². The molecule has 3 heterocycles. The molecule has 3 unspecified atom stereocenters. The largest absolute Gasteiger partial charge is 0.354 e. The van der Waals surface area contributed by atoms with E-state index in [0.717, 1.165) is 23.2 Å². The van der Waals surface area contributed by atoms with E-state index in [1.54, 1.807) is 4.90 Å². The first-order chi connectivity index (χ1) is 15.4. The normalized spacial score (nSPS) is 22.8. The van der Waals surface area contributed by atoms with Crippen molar-refractivity contribution in [3.05, 3.63) is 53.5 Å². The number of rotatable bonds is 4. The molecular formula is C21H21F3N6O2. The van der Waals surface area contributed by atoms with Crippen LogP contribution in [0.3, 0.4) is 0 Å². The van der Waals surface area contributed by atoms with Gasteiger partial charge in [0.2, 0.25) is 5.91 Å². The van der Waals surface area contributed by atoms with Gasteiger partial charge in [-0.05, 0) is 24.1 Å². The molecule has 2 amide bonds. The molecular weight excluding hydrogens is 425 g/mol. The molecule has 11 heteroatoms. The molecule has 3 atom stereocenters. The van der Waals surface area contributed by atoms with Gasteiger partial charge in [0.25, 0.3) is 5.91 Å². The number of carbonyl (C=O) groups is 2. The monoisotopic (exact) mass is 446 g/mol. The third-order valence-electron chi connectivity index (χ3n) is 5.62. The van der Waals surface area contributed by atoms with Gasteiger partial charge in [0.15, 0.2) is 0 Å². The Morgan fingerprint density at radius 3 is 2.56 bits per heavy atom. The summed E-state index contributed by atoms with van der Waals surface area (Å²) in [5, 5.41) is 7.63. The van der Waals surface area contributed by atoms with Gasteiger partial charge in [-0.2, -0.15) is 5.10 Å². The Morgan fingerprint density at radius 1 is 1.12 bits per heavy atom. The molecule has 8 nitrogen and oxygen atoms in total. The second-order valence-electron chi connectivity index (χ2n) is 7.63. The molecule has 0 spiro atoms. The molecule has 2 aliphatic rings. The lowest BCUT2D eigenvalue weighted by Crippen LogP contribution is -2.48. The lowest BCUT2D eigenvalue weighted by atomic mass is 9.92. The van der Waals surface area contributed by atoms with Gasteiger partial charge in [-0.3, -0.25) is 9.59 Å². The van der Waals surface area contributed by atoms with Crippen LogP contribution in [0, 0.1) is 17.6 Å². The van der Waals surface area contributed by atoms with E-state index in [4.69, 9.17) is 0 Å². The van der Waals surface area contributed by atoms with E-state index in [1.807, 2.05) is 0 Å². The van der Waals surface area contributed by atoms with Crippen LogP contribution in [-0.2, 0) is 4.79 Å². The molecule has 1 aromatic heterocycles. The Balaban J connectivity index is 1.47. The standard InChI is InChI=1S/C21H21F3N6O2/c1-25-20(31)17-9-19(27-11-26-17)29-5-3-15(16(24)10-29)21(32)30-18(2-4-28-30)12-6-13(22)8-14(23)7-12/h4,6-9,11,15-16,18H,2-3,5,10H2,1H3,(H,25,31). The number of benzene rings is 1. The van der Waals surface area contributed by atoms with Crippen LogP contribution in [0.15, 0.2) is 35.7 Å². The van der Waals surface area contributed by atoms with Gasteiger partial charge >= 0.3 is 0 Å². The molecule has 2 aliphatic heterocycles. The fourth-order valence-electron chi connectivity index (χ4n) is 4.00. The van der Waals surface area contributed by atoms with Crippen molar-refractivity contribution < 1.29 is 22.8 Å². The van der Waals surface area contributed by atoms with Gasteiger partial charge in [0.05, 0.1) is 18.5 Å². The molecule has 4 rings (SSSR count). The van der Waals surface area contributed by atoms with Crippen LogP contribution >= 0.6 is 0 Å². The predicted octanol–water partition coefficient (Wildman–Crippen LogP) is 2.24. The van der Waals surface area contributed by atoms with Crippen molar-refractivity contribution in [1.29, 1.82) is 0 Å². The maximum Gasteiger partial charge on any atom is 0.269 e. The van der Waals surface area contributed by atoms with Crippen molar-refractivity contribution in [1.82, 2.24) is 20.3 Å². The number of aromatic nitrogens is 2. The zero-order chi connectivity index (χ0) is 22.8. The van der Waals surface area contributed by atoms with Crippen molar-refractivity contribution in [3.63, 3.8) is 0 Å². The van der Waals surface area contributed by atoms with Crippen molar-refractivity contribution in [2.75, 3.05) is 25.0 Å². The first kappa shape index (κ1) is 21.7. The fraction of sp³-hybridized carbons (Fsp3) is 0.381. The highest BCUT2D eigenvalue weighted by atomic mass is 19.1. The smallest absolute Gasteiger partial charge is 0.269 e. The number of hydrogen-bond donors (Lipinski definition) is 1. The van der Waals surface area contributed by atoms with Crippen molar-refractivity contribution in [2.24, 2.45) is 11.0 Å². The number of hydrogen-bond acceptors (Lipinski definition) is 6. The molecule has 0 aliphatic carbocycles. The minimum absolute atomic E-state index is 0.0998. The summed E-state index contributed by atoms with van der Waals surface area (Å²) in [6.07, 6.45) is 1.67.